The molecule has 0 atom stereocenters. The first-order chi connectivity index (χ1) is 16.0. The van der Waals surface area contributed by atoms with Crippen molar-refractivity contribution in [1.82, 2.24) is 4.98 Å². The molecule has 0 fully saturated rings. The second-order valence-corrected chi connectivity index (χ2v) is 17.4. The molecular weight excluding hydrogens is 445 g/mol. The minimum absolute atomic E-state index is 0.180. The molecule has 0 amide bonds. The van der Waals surface area contributed by atoms with Gasteiger partial charge in [-0.3, -0.25) is 4.98 Å². The van der Waals surface area contributed by atoms with E-state index >= 15 is 0 Å². The Kier molecular flexibility index (Phi) is 6.76. The van der Waals surface area contributed by atoms with Crippen LogP contribution in [-0.2, 0) is 0 Å². The van der Waals surface area contributed by atoms with Crippen LogP contribution in [0.4, 0.5) is 0 Å². The minimum Gasteiger partial charge on any atom is -0.255 e. The highest BCUT2D eigenvalue weighted by Gasteiger charge is 2.34. The van der Waals surface area contributed by atoms with Gasteiger partial charge in [-0.25, -0.2) is 0 Å². The van der Waals surface area contributed by atoms with Crippen LogP contribution in [0.25, 0.3) is 10.6 Å². The SMILES string of the molecule is Cc1cc(C)c(B(c2cc([Si](C)(C)C)sc2-c2ccccn2)c2c(C)cc(C)cc2C)c(C)c1. The summed E-state index contributed by atoms with van der Waals surface area (Å²) in [4.78, 5) is 6.14. The van der Waals surface area contributed by atoms with Gasteiger partial charge in [0.1, 0.15) is 0 Å². The van der Waals surface area contributed by atoms with Crippen molar-refractivity contribution in [1.29, 1.82) is 0 Å². The highest BCUT2D eigenvalue weighted by Crippen LogP contribution is 2.24. The van der Waals surface area contributed by atoms with Crippen LogP contribution in [0.3, 0.4) is 0 Å². The lowest BCUT2D eigenvalue weighted by molar-refractivity contribution is 1.33. The lowest BCUT2D eigenvalue weighted by atomic mass is 9.34. The average Bonchev–Trinajstić information content (AvgIpc) is 3.17. The molecular formula is C30H36BNSSi. The van der Waals surface area contributed by atoms with Crippen LogP contribution in [0, 0.1) is 41.5 Å². The Labute approximate surface area is 211 Å². The summed E-state index contributed by atoms with van der Waals surface area (Å²) < 4.78 is 1.54. The molecule has 34 heavy (non-hydrogen) atoms. The molecule has 0 N–H and O–H groups in total. The maximum absolute atomic E-state index is 4.82. The van der Waals surface area contributed by atoms with E-state index in [2.05, 4.69) is 104 Å². The Balaban J connectivity index is 2.12. The second-order valence-electron chi connectivity index (χ2n) is 10.9. The molecule has 0 spiro atoms. The molecule has 0 radical (unpaired) electrons. The maximum Gasteiger partial charge on any atom is 0.244 e. The maximum atomic E-state index is 4.82. The van der Waals surface area contributed by atoms with Gasteiger partial charge in [-0.2, -0.15) is 0 Å². The van der Waals surface area contributed by atoms with Crippen LogP contribution in [-0.4, -0.2) is 19.8 Å². The summed E-state index contributed by atoms with van der Waals surface area (Å²) in [5.41, 5.74) is 13.5. The molecule has 4 aromatic rings. The quantitative estimate of drug-likeness (QED) is 0.332. The van der Waals surface area contributed by atoms with Gasteiger partial charge >= 0.3 is 0 Å². The van der Waals surface area contributed by atoms with Crippen LogP contribution in [0.2, 0.25) is 19.6 Å². The van der Waals surface area contributed by atoms with E-state index in [1.807, 2.05) is 23.6 Å². The van der Waals surface area contributed by atoms with E-state index in [0.717, 1.165) is 5.69 Å². The topological polar surface area (TPSA) is 12.9 Å². The Morgan fingerprint density at radius 1 is 0.706 bits per heavy atom. The number of pyridine rings is 1. The van der Waals surface area contributed by atoms with Gasteiger partial charge in [0, 0.05) is 11.1 Å². The van der Waals surface area contributed by atoms with E-state index < -0.39 is 8.07 Å². The molecule has 4 heteroatoms. The van der Waals surface area contributed by atoms with Crippen LogP contribution >= 0.6 is 11.3 Å². The molecule has 0 saturated carbocycles. The van der Waals surface area contributed by atoms with Gasteiger partial charge in [-0.05, 0) is 63.6 Å². The number of nitrogens with zero attached hydrogens (tertiary/aromatic N) is 1. The Bertz CT molecular complexity index is 1240. The number of aromatic nitrogens is 1. The molecule has 2 aromatic heterocycles. The fourth-order valence-corrected chi connectivity index (χ4v) is 8.48. The molecule has 2 aromatic carbocycles. The first kappa shape index (κ1) is 24.7. The van der Waals surface area contributed by atoms with E-state index in [0.29, 0.717) is 0 Å². The highest BCUT2D eigenvalue weighted by atomic mass is 32.1. The summed E-state index contributed by atoms with van der Waals surface area (Å²) in [5, 5.41) is 0. The summed E-state index contributed by atoms with van der Waals surface area (Å²) >= 11 is 1.97. The Morgan fingerprint density at radius 2 is 1.21 bits per heavy atom. The van der Waals surface area contributed by atoms with Crippen molar-refractivity contribution in [3.8, 4) is 10.6 Å². The van der Waals surface area contributed by atoms with Gasteiger partial charge in [0.2, 0.25) is 6.71 Å². The summed E-state index contributed by atoms with van der Waals surface area (Å²) in [6.45, 7) is 21.1. The molecule has 0 bridgehead atoms. The number of thiophene rings is 1. The van der Waals surface area contributed by atoms with Crippen molar-refractivity contribution >= 4 is 47.0 Å². The van der Waals surface area contributed by atoms with E-state index in [1.54, 1.807) is 0 Å². The molecule has 0 saturated heterocycles. The van der Waals surface area contributed by atoms with E-state index in [1.165, 1.54) is 59.1 Å². The van der Waals surface area contributed by atoms with Crippen LogP contribution in [0.15, 0.2) is 54.7 Å². The van der Waals surface area contributed by atoms with E-state index in [4.69, 9.17) is 4.98 Å². The summed E-state index contributed by atoms with van der Waals surface area (Å²) in [6.07, 6.45) is 1.92. The van der Waals surface area contributed by atoms with E-state index in [-0.39, 0.29) is 6.71 Å². The normalized spacial score (nSPS) is 11.7. The predicted octanol–water partition coefficient (Wildman–Crippen LogP) is 5.72. The molecule has 174 valence electrons. The number of hydrogen-bond donors (Lipinski definition) is 0. The van der Waals surface area contributed by atoms with Gasteiger partial charge in [-0.1, -0.05) is 100 Å². The minimum atomic E-state index is -1.51. The molecule has 0 unspecified atom stereocenters. The Hall–Kier alpha value is -2.43. The third kappa shape index (κ3) is 4.71. The third-order valence-corrected chi connectivity index (χ3v) is 11.5. The first-order valence-electron chi connectivity index (χ1n) is 12.2. The van der Waals surface area contributed by atoms with Gasteiger partial charge in [-0.15, -0.1) is 11.3 Å². The van der Waals surface area contributed by atoms with Crippen LogP contribution in [0.5, 0.6) is 0 Å². The number of benzene rings is 2. The Morgan fingerprint density at radius 3 is 1.62 bits per heavy atom. The molecule has 2 heterocycles. The van der Waals surface area contributed by atoms with Crippen molar-refractivity contribution in [2.45, 2.75) is 61.2 Å². The van der Waals surface area contributed by atoms with Crippen molar-refractivity contribution in [2.24, 2.45) is 0 Å². The largest absolute Gasteiger partial charge is 0.255 e. The van der Waals surface area contributed by atoms with Gasteiger partial charge < -0.3 is 0 Å². The fraction of sp³-hybridized carbons (Fsp3) is 0.300. The lowest BCUT2D eigenvalue weighted by Gasteiger charge is -2.25. The zero-order valence-electron chi connectivity index (χ0n) is 22.1. The fourth-order valence-electron chi connectivity index (χ4n) is 5.43. The predicted molar refractivity (Wildman–Crippen MR) is 156 cm³/mol. The summed E-state index contributed by atoms with van der Waals surface area (Å²) in [7, 11) is -1.51. The molecule has 0 aliphatic heterocycles. The molecule has 0 aliphatic carbocycles. The smallest absolute Gasteiger partial charge is 0.244 e. The summed E-state index contributed by atoms with van der Waals surface area (Å²) in [6, 6.07) is 18.2. The van der Waals surface area contributed by atoms with Gasteiger partial charge in [0.05, 0.1) is 13.8 Å². The molecule has 1 nitrogen and oxygen atoms in total. The van der Waals surface area contributed by atoms with Crippen molar-refractivity contribution in [3.63, 3.8) is 0 Å². The van der Waals surface area contributed by atoms with Crippen LogP contribution in [0.1, 0.15) is 33.4 Å². The third-order valence-electron chi connectivity index (χ3n) is 6.76. The van der Waals surface area contributed by atoms with Gasteiger partial charge in [0.25, 0.3) is 0 Å². The zero-order chi connectivity index (χ0) is 24.8. The van der Waals surface area contributed by atoms with Crippen molar-refractivity contribution in [2.75, 3.05) is 0 Å². The lowest BCUT2D eigenvalue weighted by Crippen LogP contribution is -2.56. The first-order valence-corrected chi connectivity index (χ1v) is 16.5. The molecule has 4 rings (SSSR count). The zero-order valence-corrected chi connectivity index (χ0v) is 23.9. The number of hydrogen-bond acceptors (Lipinski definition) is 2. The molecule has 0 aliphatic rings. The highest BCUT2D eigenvalue weighted by molar-refractivity contribution is 7.30. The number of aryl methyl sites for hydroxylation is 6. The van der Waals surface area contributed by atoms with Crippen molar-refractivity contribution < 1.29 is 0 Å². The van der Waals surface area contributed by atoms with Crippen molar-refractivity contribution in [3.05, 3.63) is 88.1 Å². The van der Waals surface area contributed by atoms with Crippen LogP contribution < -0.4 is 20.9 Å². The average molecular weight is 482 g/mol. The second kappa shape index (κ2) is 9.32. The monoisotopic (exact) mass is 481 g/mol. The number of rotatable bonds is 5. The van der Waals surface area contributed by atoms with Gasteiger partial charge in [0.15, 0.2) is 0 Å². The standard InChI is InChI=1S/C30H36BNSSi/c1-19-14-21(3)28(22(4)15-19)31(29-23(5)16-20(2)17-24(29)6)25-18-27(34(7,8)9)33-30(25)26-12-10-11-13-32-26/h10-18H,1-9H3. The van der Waals surface area contributed by atoms with E-state index in [9.17, 15) is 0 Å². The summed E-state index contributed by atoms with van der Waals surface area (Å²) in [5.74, 6) is 0.